The molecule has 3 rings (SSSR count). The highest BCUT2D eigenvalue weighted by molar-refractivity contribution is 5.78. The molecule has 1 aliphatic heterocycles. The molecule has 1 aliphatic rings. The molecule has 1 amide bonds. The number of benzene rings is 2. The van der Waals surface area contributed by atoms with Gasteiger partial charge in [-0.3, -0.25) is 14.9 Å². The van der Waals surface area contributed by atoms with E-state index in [1.165, 1.54) is 17.7 Å². The minimum Gasteiger partial charge on any atom is -0.484 e. The van der Waals surface area contributed by atoms with Crippen molar-refractivity contribution in [1.29, 1.82) is 0 Å². The number of nitrogens with one attached hydrogen (secondary N) is 1. The fraction of sp³-hybridized carbons (Fsp3) is 0.350. The molecule has 1 N–H and O–H groups in total. The summed E-state index contributed by atoms with van der Waals surface area (Å²) in [7, 11) is 0. The number of carbonyl (C=O) groups excluding carboxylic acids is 1. The van der Waals surface area contributed by atoms with Crippen molar-refractivity contribution in [2.75, 3.05) is 26.2 Å². The Kier molecular flexibility index (Phi) is 6.03. The summed E-state index contributed by atoms with van der Waals surface area (Å²) in [5.41, 5.74) is 2.29. The van der Waals surface area contributed by atoms with Crippen LogP contribution < -0.4 is 10.1 Å². The van der Waals surface area contributed by atoms with E-state index in [4.69, 9.17) is 4.74 Å². The van der Waals surface area contributed by atoms with Crippen molar-refractivity contribution in [3.05, 3.63) is 69.8 Å². The predicted octanol–water partition coefficient (Wildman–Crippen LogP) is 2.71. The fourth-order valence-corrected chi connectivity index (χ4v) is 3.19. The first kappa shape index (κ1) is 18.8. The van der Waals surface area contributed by atoms with Crippen molar-refractivity contribution < 1.29 is 14.5 Å². The normalized spacial score (nSPS) is 16.8. The minimum absolute atomic E-state index is 0.0501. The number of hydrogen-bond acceptors (Lipinski definition) is 5. The maximum absolute atomic E-state index is 12.7. The first-order chi connectivity index (χ1) is 13.1. The van der Waals surface area contributed by atoms with E-state index in [1.54, 1.807) is 12.1 Å². The molecule has 0 saturated carbocycles. The van der Waals surface area contributed by atoms with E-state index in [9.17, 15) is 14.9 Å². The van der Waals surface area contributed by atoms with Gasteiger partial charge < -0.3 is 15.0 Å². The third-order valence-corrected chi connectivity index (χ3v) is 4.73. The molecule has 7 heteroatoms. The Morgan fingerprint density at radius 1 is 1.30 bits per heavy atom. The Bertz CT molecular complexity index is 807. The number of aryl methyl sites for hydroxylation is 1. The third kappa shape index (κ3) is 4.62. The summed E-state index contributed by atoms with van der Waals surface area (Å²) >= 11 is 0. The van der Waals surface area contributed by atoms with Gasteiger partial charge in [-0.15, -0.1) is 0 Å². The van der Waals surface area contributed by atoms with Crippen LogP contribution >= 0.6 is 0 Å². The highest BCUT2D eigenvalue weighted by atomic mass is 16.6. The van der Waals surface area contributed by atoms with Crippen molar-refractivity contribution in [3.8, 4) is 5.75 Å². The predicted molar refractivity (Wildman–Crippen MR) is 102 cm³/mol. The van der Waals surface area contributed by atoms with Crippen LogP contribution in [0.4, 0.5) is 5.69 Å². The van der Waals surface area contributed by atoms with Gasteiger partial charge in [0.25, 0.3) is 11.6 Å². The molecule has 1 heterocycles. The summed E-state index contributed by atoms with van der Waals surface area (Å²) in [4.78, 5) is 24.9. The van der Waals surface area contributed by atoms with Crippen LogP contribution in [0.1, 0.15) is 24.1 Å². The first-order valence-electron chi connectivity index (χ1n) is 9.04. The van der Waals surface area contributed by atoms with Crippen LogP contribution in [0.25, 0.3) is 0 Å². The summed E-state index contributed by atoms with van der Waals surface area (Å²) in [6.45, 7) is 3.97. The Morgan fingerprint density at radius 2 is 2.07 bits per heavy atom. The smallest absolute Gasteiger partial charge is 0.273 e. The van der Waals surface area contributed by atoms with Gasteiger partial charge in [-0.2, -0.15) is 0 Å². The van der Waals surface area contributed by atoms with Crippen molar-refractivity contribution in [1.82, 2.24) is 10.2 Å². The van der Waals surface area contributed by atoms with Gasteiger partial charge in [0, 0.05) is 25.7 Å². The van der Waals surface area contributed by atoms with Crippen LogP contribution in [0.15, 0.2) is 48.5 Å². The minimum atomic E-state index is -0.485. The summed E-state index contributed by atoms with van der Waals surface area (Å²) < 4.78 is 5.52. The molecule has 142 valence electrons. The summed E-state index contributed by atoms with van der Waals surface area (Å²) in [5, 5.41) is 14.2. The van der Waals surface area contributed by atoms with Crippen molar-refractivity contribution in [2.45, 2.75) is 19.4 Å². The lowest BCUT2D eigenvalue weighted by atomic mass is 10.0. The Morgan fingerprint density at radius 3 is 2.78 bits per heavy atom. The van der Waals surface area contributed by atoms with Crippen LogP contribution in [0, 0.1) is 10.1 Å². The number of ether oxygens (including phenoxy) is 1. The molecule has 1 saturated heterocycles. The van der Waals surface area contributed by atoms with Crippen molar-refractivity contribution in [3.63, 3.8) is 0 Å². The molecule has 0 aliphatic carbocycles. The molecule has 1 fully saturated rings. The van der Waals surface area contributed by atoms with Gasteiger partial charge in [0.1, 0.15) is 5.75 Å². The average molecular weight is 369 g/mol. The number of carbonyl (C=O) groups is 1. The molecule has 2 aromatic rings. The van der Waals surface area contributed by atoms with Gasteiger partial charge in [0.2, 0.25) is 0 Å². The van der Waals surface area contributed by atoms with E-state index in [-0.39, 0.29) is 24.2 Å². The van der Waals surface area contributed by atoms with E-state index in [2.05, 4.69) is 36.5 Å². The molecule has 27 heavy (non-hydrogen) atoms. The zero-order valence-corrected chi connectivity index (χ0v) is 15.3. The van der Waals surface area contributed by atoms with E-state index >= 15 is 0 Å². The lowest BCUT2D eigenvalue weighted by Crippen LogP contribution is -2.50. The SMILES string of the molecule is CCc1ccc(C2CNCCN2C(=O)COc2cccc([N+](=O)[O-])c2)cc1. The van der Waals surface area contributed by atoms with Crippen molar-refractivity contribution in [2.24, 2.45) is 0 Å². The highest BCUT2D eigenvalue weighted by Gasteiger charge is 2.28. The van der Waals surface area contributed by atoms with E-state index in [1.807, 2.05) is 4.90 Å². The largest absolute Gasteiger partial charge is 0.484 e. The number of nitrogens with zero attached hydrogens (tertiary/aromatic N) is 2. The van der Waals surface area contributed by atoms with Gasteiger partial charge in [-0.1, -0.05) is 37.3 Å². The second-order valence-corrected chi connectivity index (χ2v) is 6.45. The average Bonchev–Trinajstić information content (AvgIpc) is 2.72. The monoisotopic (exact) mass is 369 g/mol. The topological polar surface area (TPSA) is 84.7 Å². The van der Waals surface area contributed by atoms with Crippen LogP contribution in [0.2, 0.25) is 0 Å². The fourth-order valence-electron chi connectivity index (χ4n) is 3.19. The number of piperazine rings is 1. The Balaban J connectivity index is 1.67. The molecule has 0 aromatic heterocycles. The molecule has 0 bridgehead atoms. The number of nitro groups is 1. The summed E-state index contributed by atoms with van der Waals surface area (Å²) in [5.74, 6) is 0.184. The number of hydrogen-bond donors (Lipinski definition) is 1. The van der Waals surface area contributed by atoms with Gasteiger partial charge >= 0.3 is 0 Å². The van der Waals surface area contributed by atoms with Crippen molar-refractivity contribution >= 4 is 11.6 Å². The standard InChI is InChI=1S/C20H23N3O4/c1-2-15-6-8-16(9-7-15)19-13-21-10-11-22(19)20(24)14-27-18-5-3-4-17(12-18)23(25)26/h3-9,12,19,21H,2,10-11,13-14H2,1H3. The molecule has 0 spiro atoms. The van der Waals surface area contributed by atoms with Crippen LogP contribution in [-0.2, 0) is 11.2 Å². The Labute approximate surface area is 158 Å². The second-order valence-electron chi connectivity index (χ2n) is 6.45. The maximum atomic E-state index is 12.7. The van der Waals surface area contributed by atoms with Crippen LogP contribution in [0.3, 0.4) is 0 Å². The lowest BCUT2D eigenvalue weighted by molar-refractivity contribution is -0.384. The molecular formula is C20H23N3O4. The second kappa shape index (κ2) is 8.64. The Hall–Kier alpha value is -2.93. The maximum Gasteiger partial charge on any atom is 0.273 e. The number of amides is 1. The van der Waals surface area contributed by atoms with Gasteiger partial charge in [-0.25, -0.2) is 0 Å². The van der Waals surface area contributed by atoms with E-state index in [0.29, 0.717) is 18.8 Å². The quantitative estimate of drug-likeness (QED) is 0.625. The number of non-ortho nitro benzene ring substituents is 1. The molecular weight excluding hydrogens is 346 g/mol. The zero-order valence-electron chi connectivity index (χ0n) is 15.3. The summed E-state index contributed by atoms with van der Waals surface area (Å²) in [6.07, 6.45) is 0.975. The van der Waals surface area contributed by atoms with Crippen LogP contribution in [-0.4, -0.2) is 42.0 Å². The van der Waals surface area contributed by atoms with Gasteiger partial charge in [-0.05, 0) is 23.6 Å². The molecule has 2 aromatic carbocycles. The molecule has 1 unspecified atom stereocenters. The highest BCUT2D eigenvalue weighted by Crippen LogP contribution is 2.24. The lowest BCUT2D eigenvalue weighted by Gasteiger charge is -2.36. The van der Waals surface area contributed by atoms with Crippen LogP contribution in [0.5, 0.6) is 5.75 Å². The summed E-state index contributed by atoms with van der Waals surface area (Å²) in [6, 6.07) is 14.1. The van der Waals surface area contributed by atoms with E-state index in [0.717, 1.165) is 18.5 Å². The molecule has 1 atom stereocenters. The van der Waals surface area contributed by atoms with Gasteiger partial charge in [0.05, 0.1) is 17.0 Å². The first-order valence-corrected chi connectivity index (χ1v) is 9.04. The number of rotatable bonds is 6. The van der Waals surface area contributed by atoms with Gasteiger partial charge in [0.15, 0.2) is 6.61 Å². The molecule has 7 nitrogen and oxygen atoms in total. The zero-order chi connectivity index (χ0) is 19.2. The van der Waals surface area contributed by atoms with E-state index < -0.39 is 4.92 Å². The number of nitro benzene ring substituents is 1. The molecule has 0 radical (unpaired) electrons. The third-order valence-electron chi connectivity index (χ3n) is 4.73.